The molecule has 0 aliphatic heterocycles. The molecule has 4 aromatic rings. The molecule has 29 heavy (non-hydrogen) atoms. The predicted octanol–water partition coefficient (Wildman–Crippen LogP) is 3.17. The number of ether oxygens (including phenoxy) is 3. The Morgan fingerprint density at radius 2 is 1.69 bits per heavy atom. The van der Waals surface area contributed by atoms with E-state index in [9.17, 15) is 0 Å². The third-order valence-corrected chi connectivity index (χ3v) is 4.41. The van der Waals surface area contributed by atoms with Gasteiger partial charge in [-0.05, 0) is 24.3 Å². The van der Waals surface area contributed by atoms with Crippen LogP contribution in [0.2, 0.25) is 0 Å². The molecule has 0 radical (unpaired) electrons. The highest BCUT2D eigenvalue weighted by atomic mass is 16.5. The van der Waals surface area contributed by atoms with Crippen LogP contribution in [0.5, 0.6) is 17.2 Å². The summed E-state index contributed by atoms with van der Waals surface area (Å²) in [5.41, 5.74) is 8.19. The zero-order valence-corrected chi connectivity index (χ0v) is 16.2. The number of fused-ring (bicyclic) bond motifs is 1. The number of benzene rings is 2. The van der Waals surface area contributed by atoms with E-state index >= 15 is 0 Å². The predicted molar refractivity (Wildman–Crippen MR) is 110 cm³/mol. The summed E-state index contributed by atoms with van der Waals surface area (Å²) in [6.45, 7) is 0. The Bertz CT molecular complexity index is 1150. The highest BCUT2D eigenvalue weighted by molar-refractivity contribution is 5.84. The number of rotatable bonds is 6. The van der Waals surface area contributed by atoms with E-state index in [0.717, 1.165) is 10.9 Å². The average Bonchev–Trinajstić information content (AvgIpc) is 3.16. The normalized spacial score (nSPS) is 10.7. The van der Waals surface area contributed by atoms with Crippen LogP contribution in [0.4, 0.5) is 17.3 Å². The van der Waals surface area contributed by atoms with Gasteiger partial charge in [-0.25, -0.2) is 9.97 Å². The first-order chi connectivity index (χ1) is 14.1. The van der Waals surface area contributed by atoms with Crippen LogP contribution < -0.4 is 25.3 Å². The second-order valence-electron chi connectivity index (χ2n) is 6.15. The molecule has 2 aromatic carbocycles. The number of methoxy groups -OCH3 is 3. The molecule has 9 heteroatoms. The maximum Gasteiger partial charge on any atom is 0.238 e. The Balaban J connectivity index is 1.69. The van der Waals surface area contributed by atoms with Crippen molar-refractivity contribution in [2.45, 2.75) is 0 Å². The van der Waals surface area contributed by atoms with E-state index in [4.69, 9.17) is 19.9 Å². The van der Waals surface area contributed by atoms with E-state index in [2.05, 4.69) is 20.3 Å². The lowest BCUT2D eigenvalue weighted by Crippen LogP contribution is -2.05. The van der Waals surface area contributed by atoms with E-state index in [-0.39, 0.29) is 0 Å². The summed E-state index contributed by atoms with van der Waals surface area (Å²) >= 11 is 0. The summed E-state index contributed by atoms with van der Waals surface area (Å²) in [4.78, 5) is 13.0. The standard InChI is InChI=1S/C20H20N6O3/c1-27-16-9-14(10-17(28-2)18(16)29-3)24-19-22-11-23-20(25-19)26-7-6-12-8-13(21)4-5-15(12)26/h4-11H,21H2,1-3H3,(H,22,23,24,25). The van der Waals surface area contributed by atoms with E-state index in [1.807, 2.05) is 35.0 Å². The van der Waals surface area contributed by atoms with Gasteiger partial charge in [-0.1, -0.05) is 0 Å². The van der Waals surface area contributed by atoms with Crippen molar-refractivity contribution in [1.82, 2.24) is 19.5 Å². The van der Waals surface area contributed by atoms with Crippen molar-refractivity contribution >= 4 is 28.2 Å². The molecule has 0 saturated heterocycles. The molecule has 0 fully saturated rings. The van der Waals surface area contributed by atoms with E-state index in [0.29, 0.717) is 40.5 Å². The summed E-state index contributed by atoms with van der Waals surface area (Å²) in [5.74, 6) is 2.42. The van der Waals surface area contributed by atoms with Gasteiger partial charge in [-0.15, -0.1) is 0 Å². The minimum Gasteiger partial charge on any atom is -0.493 e. The van der Waals surface area contributed by atoms with Crippen LogP contribution in [0.15, 0.2) is 48.9 Å². The van der Waals surface area contributed by atoms with Crippen molar-refractivity contribution in [3.8, 4) is 23.2 Å². The summed E-state index contributed by atoms with van der Waals surface area (Å²) in [6, 6.07) is 11.2. The summed E-state index contributed by atoms with van der Waals surface area (Å²) in [7, 11) is 4.68. The summed E-state index contributed by atoms with van der Waals surface area (Å²) in [5, 5.41) is 4.16. The van der Waals surface area contributed by atoms with E-state index in [1.165, 1.54) is 6.33 Å². The van der Waals surface area contributed by atoms with Crippen LogP contribution in [0.1, 0.15) is 0 Å². The monoisotopic (exact) mass is 392 g/mol. The largest absolute Gasteiger partial charge is 0.493 e. The number of nitrogens with two attached hydrogens (primary N) is 1. The number of nitrogens with one attached hydrogen (secondary N) is 1. The lowest BCUT2D eigenvalue weighted by atomic mass is 10.2. The van der Waals surface area contributed by atoms with Gasteiger partial charge in [0.05, 0.1) is 26.8 Å². The number of nitrogens with zero attached hydrogens (tertiary/aromatic N) is 4. The SMILES string of the molecule is COc1cc(Nc2ncnc(-n3ccc4cc(N)ccc43)n2)cc(OC)c1OC. The first kappa shape index (κ1) is 18.4. The Labute approximate surface area is 167 Å². The smallest absolute Gasteiger partial charge is 0.238 e. The Kier molecular flexibility index (Phi) is 4.78. The van der Waals surface area contributed by atoms with Gasteiger partial charge in [0, 0.05) is 35.1 Å². The first-order valence-electron chi connectivity index (χ1n) is 8.76. The summed E-state index contributed by atoms with van der Waals surface area (Å²) in [6.07, 6.45) is 3.34. The number of anilines is 3. The second kappa shape index (κ2) is 7.55. The molecule has 0 bridgehead atoms. The Hall–Kier alpha value is -4.01. The molecule has 148 valence electrons. The highest BCUT2D eigenvalue weighted by Gasteiger charge is 2.14. The molecule has 2 heterocycles. The fourth-order valence-corrected chi connectivity index (χ4v) is 3.08. The van der Waals surface area contributed by atoms with Gasteiger partial charge in [0.1, 0.15) is 6.33 Å². The van der Waals surface area contributed by atoms with Crippen LogP contribution in [-0.2, 0) is 0 Å². The van der Waals surface area contributed by atoms with E-state index in [1.54, 1.807) is 33.5 Å². The molecule has 2 aromatic heterocycles. The molecule has 9 nitrogen and oxygen atoms in total. The van der Waals surface area contributed by atoms with Gasteiger partial charge in [0.25, 0.3) is 0 Å². The topological polar surface area (TPSA) is 109 Å². The molecular formula is C20H20N6O3. The third kappa shape index (κ3) is 3.45. The zero-order chi connectivity index (χ0) is 20.4. The average molecular weight is 392 g/mol. The molecule has 0 spiro atoms. The minimum atomic E-state index is 0.376. The second-order valence-corrected chi connectivity index (χ2v) is 6.15. The number of hydrogen-bond acceptors (Lipinski definition) is 8. The molecule has 0 unspecified atom stereocenters. The van der Waals surface area contributed by atoms with Gasteiger partial charge in [-0.3, -0.25) is 4.57 Å². The van der Waals surface area contributed by atoms with Crippen molar-refractivity contribution in [2.75, 3.05) is 32.4 Å². The first-order valence-corrected chi connectivity index (χ1v) is 8.76. The fourth-order valence-electron chi connectivity index (χ4n) is 3.08. The Morgan fingerprint density at radius 1 is 0.931 bits per heavy atom. The quantitative estimate of drug-likeness (QED) is 0.482. The zero-order valence-electron chi connectivity index (χ0n) is 16.2. The van der Waals surface area contributed by atoms with Gasteiger partial charge in [-0.2, -0.15) is 4.98 Å². The van der Waals surface area contributed by atoms with Gasteiger partial charge >= 0.3 is 0 Å². The molecule has 0 atom stereocenters. The van der Waals surface area contributed by atoms with Crippen LogP contribution in [0, 0.1) is 0 Å². The number of nitrogen functional groups attached to an aromatic ring is 1. The lowest BCUT2D eigenvalue weighted by molar-refractivity contribution is 0.324. The van der Waals surface area contributed by atoms with Crippen LogP contribution >= 0.6 is 0 Å². The third-order valence-electron chi connectivity index (χ3n) is 4.41. The molecule has 0 aliphatic rings. The van der Waals surface area contributed by atoms with Gasteiger partial charge in [0.15, 0.2) is 11.5 Å². The highest BCUT2D eigenvalue weighted by Crippen LogP contribution is 2.40. The molecular weight excluding hydrogens is 372 g/mol. The maximum absolute atomic E-state index is 5.86. The van der Waals surface area contributed by atoms with Crippen molar-refractivity contribution in [3.63, 3.8) is 0 Å². The molecule has 0 amide bonds. The molecule has 0 saturated carbocycles. The number of hydrogen-bond donors (Lipinski definition) is 2. The van der Waals surface area contributed by atoms with Crippen LogP contribution in [-0.4, -0.2) is 40.8 Å². The maximum atomic E-state index is 5.86. The van der Waals surface area contributed by atoms with Crippen LogP contribution in [0.3, 0.4) is 0 Å². The van der Waals surface area contributed by atoms with Gasteiger partial charge < -0.3 is 25.3 Å². The molecule has 0 aliphatic carbocycles. The fraction of sp³-hybridized carbons (Fsp3) is 0.150. The van der Waals surface area contributed by atoms with Crippen molar-refractivity contribution in [2.24, 2.45) is 0 Å². The number of aromatic nitrogens is 4. The van der Waals surface area contributed by atoms with Crippen molar-refractivity contribution in [3.05, 3.63) is 48.9 Å². The van der Waals surface area contributed by atoms with E-state index < -0.39 is 0 Å². The molecule has 4 rings (SSSR count). The van der Waals surface area contributed by atoms with Gasteiger partial charge in [0.2, 0.25) is 17.6 Å². The lowest BCUT2D eigenvalue weighted by Gasteiger charge is -2.14. The van der Waals surface area contributed by atoms with Crippen LogP contribution in [0.25, 0.3) is 16.9 Å². The van der Waals surface area contributed by atoms with Crippen molar-refractivity contribution < 1.29 is 14.2 Å². The summed E-state index contributed by atoms with van der Waals surface area (Å²) < 4.78 is 18.0. The Morgan fingerprint density at radius 3 is 2.38 bits per heavy atom. The minimum absolute atomic E-state index is 0.376. The molecule has 3 N–H and O–H groups in total. The van der Waals surface area contributed by atoms with Crippen molar-refractivity contribution in [1.29, 1.82) is 0 Å².